The van der Waals surface area contributed by atoms with Crippen molar-refractivity contribution in [3.8, 4) is 17.3 Å². The fourth-order valence-corrected chi connectivity index (χ4v) is 4.96. The molecule has 14 heteroatoms. The molecule has 1 saturated heterocycles. The van der Waals surface area contributed by atoms with E-state index in [1.165, 1.54) is 46.9 Å². The lowest BCUT2D eigenvalue weighted by Crippen LogP contribution is -2.43. The van der Waals surface area contributed by atoms with Crippen LogP contribution in [0.25, 0.3) is 28.1 Å². The van der Waals surface area contributed by atoms with Crippen LogP contribution >= 0.6 is 24.8 Å². The fraction of sp³-hybridized carbons (Fsp3) is 0.423. The molecular weight excluding hydrogens is 575 g/mol. The molecule has 3 aromatic heterocycles. The minimum Gasteiger partial charge on any atom is -0.486 e. The van der Waals surface area contributed by atoms with Crippen molar-refractivity contribution in [1.29, 1.82) is 0 Å². The number of alkyl halides is 3. The van der Waals surface area contributed by atoms with Crippen molar-refractivity contribution in [2.75, 3.05) is 26.8 Å². The minimum absolute atomic E-state index is 0. The zero-order chi connectivity index (χ0) is 27.2. The summed E-state index contributed by atoms with van der Waals surface area (Å²) >= 11 is 0. The highest BCUT2D eigenvalue weighted by Gasteiger charge is 2.48. The molecular formula is C26H30Cl2F4N6O2. The number of methoxy groups -OCH3 is 1. The Morgan fingerprint density at radius 3 is 2.52 bits per heavy atom. The van der Waals surface area contributed by atoms with E-state index in [-0.39, 0.29) is 67.8 Å². The van der Waals surface area contributed by atoms with Crippen molar-refractivity contribution in [3.63, 3.8) is 0 Å². The Morgan fingerprint density at radius 1 is 1.12 bits per heavy atom. The van der Waals surface area contributed by atoms with Crippen molar-refractivity contribution in [3.05, 3.63) is 54.0 Å². The van der Waals surface area contributed by atoms with Crippen LogP contribution in [0.5, 0.6) is 5.75 Å². The Labute approximate surface area is 240 Å². The molecule has 1 aliphatic heterocycles. The Balaban J connectivity index is 0.00000220. The quantitative estimate of drug-likeness (QED) is 0.284. The van der Waals surface area contributed by atoms with Crippen molar-refractivity contribution < 1.29 is 27.0 Å². The van der Waals surface area contributed by atoms with Crippen molar-refractivity contribution in [1.82, 2.24) is 24.5 Å². The lowest BCUT2D eigenvalue weighted by atomic mass is 10.0. The molecule has 4 heterocycles. The fourth-order valence-electron chi connectivity index (χ4n) is 4.96. The van der Waals surface area contributed by atoms with E-state index < -0.39 is 23.6 Å². The number of fused-ring (bicyclic) bond motifs is 2. The number of likely N-dealkylation sites (tertiary alicyclic amines) is 1. The largest absolute Gasteiger partial charge is 0.486 e. The van der Waals surface area contributed by atoms with Gasteiger partial charge in [-0.1, -0.05) is 12.1 Å². The number of nitrogens with two attached hydrogens (primary N) is 1. The van der Waals surface area contributed by atoms with Gasteiger partial charge >= 0.3 is 6.18 Å². The third kappa shape index (κ3) is 6.41. The molecule has 0 spiro atoms. The van der Waals surface area contributed by atoms with Gasteiger partial charge in [0.05, 0.1) is 6.61 Å². The summed E-state index contributed by atoms with van der Waals surface area (Å²) in [4.78, 5) is 6.00. The predicted molar refractivity (Wildman–Crippen MR) is 148 cm³/mol. The molecule has 4 aromatic rings. The Kier molecular flexibility index (Phi) is 9.52. The second-order valence-electron chi connectivity index (χ2n) is 10.1. The summed E-state index contributed by atoms with van der Waals surface area (Å²) in [6, 6.07) is 6.93. The van der Waals surface area contributed by atoms with Gasteiger partial charge in [-0.25, -0.2) is 9.37 Å². The van der Waals surface area contributed by atoms with Crippen LogP contribution in [0.15, 0.2) is 42.6 Å². The zero-order valence-electron chi connectivity index (χ0n) is 22.0. The first kappa shape index (κ1) is 31.8. The third-order valence-electron chi connectivity index (χ3n) is 6.63. The Bertz CT molecular complexity index is 1480. The van der Waals surface area contributed by atoms with Crippen LogP contribution in [0.2, 0.25) is 0 Å². The summed E-state index contributed by atoms with van der Waals surface area (Å²) < 4.78 is 69.5. The first-order valence-electron chi connectivity index (χ1n) is 12.2. The molecule has 0 aliphatic carbocycles. The van der Waals surface area contributed by atoms with Gasteiger partial charge in [-0.05, 0) is 44.0 Å². The summed E-state index contributed by atoms with van der Waals surface area (Å²) in [6.45, 7) is 4.18. The van der Waals surface area contributed by atoms with E-state index >= 15 is 0 Å². The number of hydrogen-bond donors (Lipinski definition) is 1. The van der Waals surface area contributed by atoms with Crippen LogP contribution in [-0.2, 0) is 4.74 Å². The van der Waals surface area contributed by atoms with Crippen molar-refractivity contribution in [2.24, 2.45) is 5.73 Å². The van der Waals surface area contributed by atoms with Crippen LogP contribution in [-0.4, -0.2) is 69.1 Å². The molecule has 1 aromatic carbocycles. The maximum atomic E-state index is 14.3. The van der Waals surface area contributed by atoms with Crippen LogP contribution in [0.1, 0.15) is 31.9 Å². The number of benzene rings is 1. The topological polar surface area (TPSA) is 90.8 Å². The minimum atomic E-state index is -4.52. The zero-order valence-corrected chi connectivity index (χ0v) is 23.6. The van der Waals surface area contributed by atoms with Gasteiger partial charge in [-0.2, -0.15) is 13.2 Å². The Morgan fingerprint density at radius 2 is 1.88 bits per heavy atom. The van der Waals surface area contributed by atoms with Gasteiger partial charge < -0.3 is 15.2 Å². The predicted octanol–water partition coefficient (Wildman–Crippen LogP) is 5.37. The van der Waals surface area contributed by atoms with E-state index in [2.05, 4.69) is 15.2 Å². The molecule has 0 saturated carbocycles. The van der Waals surface area contributed by atoms with E-state index in [1.54, 1.807) is 26.0 Å². The molecule has 2 unspecified atom stereocenters. The standard InChI is InChI=1S/C26H28F4N6O2.2ClH/c1-15(13-37-3)38-20-11-18(27)10-16-4-6-19(32-22(16)20)24-34-33-21-7-5-17(12-36(21)24)23(26(28,29)30)35-9-8-25(2,31)14-35;;/h4-7,10-12,15,23H,8-9,13-14,31H2,1-3H3;2*1H/t15?,23-,25?;;/m0../s1. The van der Waals surface area contributed by atoms with E-state index in [4.69, 9.17) is 15.2 Å². The van der Waals surface area contributed by atoms with Crippen LogP contribution < -0.4 is 10.5 Å². The summed E-state index contributed by atoms with van der Waals surface area (Å²) in [6.07, 6.45) is -3.02. The number of hydrogen-bond acceptors (Lipinski definition) is 7. The van der Waals surface area contributed by atoms with Gasteiger partial charge in [0.1, 0.15) is 34.9 Å². The maximum absolute atomic E-state index is 14.3. The third-order valence-corrected chi connectivity index (χ3v) is 6.63. The van der Waals surface area contributed by atoms with Gasteiger partial charge in [-0.3, -0.25) is 9.30 Å². The molecule has 2 N–H and O–H groups in total. The van der Waals surface area contributed by atoms with E-state index in [0.717, 1.165) is 0 Å². The van der Waals surface area contributed by atoms with E-state index in [9.17, 15) is 17.6 Å². The number of nitrogens with zero attached hydrogens (tertiary/aromatic N) is 5. The summed E-state index contributed by atoms with van der Waals surface area (Å²) in [5.41, 5.74) is 6.58. The average molecular weight is 605 g/mol. The van der Waals surface area contributed by atoms with Gasteiger partial charge in [0.25, 0.3) is 0 Å². The van der Waals surface area contributed by atoms with Crippen molar-refractivity contribution in [2.45, 2.75) is 44.1 Å². The molecule has 0 amide bonds. The lowest BCUT2D eigenvalue weighted by Gasteiger charge is -2.31. The smallest absolute Gasteiger partial charge is 0.408 e. The van der Waals surface area contributed by atoms with Crippen LogP contribution in [0.3, 0.4) is 0 Å². The molecule has 5 rings (SSSR count). The molecule has 1 aliphatic rings. The molecule has 0 radical (unpaired) electrons. The Hall–Kier alpha value is -2.77. The first-order valence-corrected chi connectivity index (χ1v) is 12.2. The number of ether oxygens (including phenoxy) is 2. The molecule has 8 nitrogen and oxygen atoms in total. The highest BCUT2D eigenvalue weighted by atomic mass is 35.5. The summed E-state index contributed by atoms with van der Waals surface area (Å²) in [5, 5.41) is 8.81. The highest BCUT2D eigenvalue weighted by Crippen LogP contribution is 2.41. The van der Waals surface area contributed by atoms with Gasteiger partial charge in [0.15, 0.2) is 11.5 Å². The maximum Gasteiger partial charge on any atom is 0.408 e. The van der Waals surface area contributed by atoms with E-state index in [1.807, 2.05) is 0 Å². The number of halogens is 6. The normalized spacial score (nSPS) is 19.3. The average Bonchev–Trinajstić information content (AvgIpc) is 3.40. The van der Waals surface area contributed by atoms with E-state index in [0.29, 0.717) is 28.7 Å². The number of aromatic nitrogens is 4. The van der Waals surface area contributed by atoms with Gasteiger partial charge in [0.2, 0.25) is 0 Å². The molecule has 0 bridgehead atoms. The molecule has 3 atom stereocenters. The molecule has 40 heavy (non-hydrogen) atoms. The second-order valence-corrected chi connectivity index (χ2v) is 10.1. The number of rotatable bonds is 7. The molecule has 1 fully saturated rings. The number of pyridine rings is 2. The monoisotopic (exact) mass is 604 g/mol. The summed E-state index contributed by atoms with van der Waals surface area (Å²) in [7, 11) is 1.53. The van der Waals surface area contributed by atoms with Crippen molar-refractivity contribution >= 4 is 41.4 Å². The second kappa shape index (κ2) is 12.0. The lowest BCUT2D eigenvalue weighted by molar-refractivity contribution is -0.184. The SMILES string of the molecule is COCC(C)Oc1cc(F)cc2ccc(-c3nnc4ccc([C@H](N5CCC(C)(N)C5)C(F)(F)F)cn34)nc12.Cl.Cl. The van der Waals surface area contributed by atoms with Gasteiger partial charge in [-0.15, -0.1) is 35.0 Å². The van der Waals surface area contributed by atoms with Gasteiger partial charge in [0, 0.05) is 43.4 Å². The highest BCUT2D eigenvalue weighted by molar-refractivity contribution is 5.86. The molecule has 218 valence electrons. The first-order chi connectivity index (χ1) is 17.9. The van der Waals surface area contributed by atoms with Crippen LogP contribution in [0, 0.1) is 5.82 Å². The van der Waals surface area contributed by atoms with Crippen LogP contribution in [0.4, 0.5) is 17.6 Å². The summed E-state index contributed by atoms with van der Waals surface area (Å²) in [5.74, 6) is -0.0233.